The van der Waals surface area contributed by atoms with E-state index < -0.39 is 18.2 Å². The summed E-state index contributed by atoms with van der Waals surface area (Å²) in [5, 5.41) is 19.2. The van der Waals surface area contributed by atoms with Crippen molar-refractivity contribution in [1.29, 1.82) is 0 Å². The smallest absolute Gasteiger partial charge is 0.303 e. The molecule has 2 saturated carbocycles. The van der Waals surface area contributed by atoms with Gasteiger partial charge in [-0.2, -0.15) is 0 Å². The zero-order valence-corrected chi connectivity index (χ0v) is 19.2. The summed E-state index contributed by atoms with van der Waals surface area (Å²) in [5.41, 5.74) is 1.41. The Bertz CT molecular complexity index is 688. The molecule has 1 heterocycles. The fourth-order valence-electron chi connectivity index (χ4n) is 5.59. The van der Waals surface area contributed by atoms with Crippen LogP contribution in [0.5, 0.6) is 0 Å². The van der Waals surface area contributed by atoms with Crippen molar-refractivity contribution >= 4 is 5.97 Å². The first-order valence-corrected chi connectivity index (χ1v) is 12.3. The Hall–Kier alpha value is -1.66. The van der Waals surface area contributed by atoms with E-state index in [0.29, 0.717) is 31.1 Å². The van der Waals surface area contributed by atoms with Gasteiger partial charge in [0.15, 0.2) is 0 Å². The zero-order chi connectivity index (χ0) is 22.9. The summed E-state index contributed by atoms with van der Waals surface area (Å²) in [5.74, 6) is 0.511. The highest BCUT2D eigenvalue weighted by molar-refractivity contribution is 5.66. The van der Waals surface area contributed by atoms with E-state index in [-0.39, 0.29) is 24.7 Å². The largest absolute Gasteiger partial charge is 0.481 e. The Morgan fingerprint density at radius 3 is 2.88 bits per heavy atom. The van der Waals surface area contributed by atoms with Gasteiger partial charge >= 0.3 is 5.97 Å². The highest BCUT2D eigenvalue weighted by Crippen LogP contribution is 2.52. The molecule has 180 valence electrons. The average molecular weight is 451 g/mol. The van der Waals surface area contributed by atoms with Crippen molar-refractivity contribution < 1.29 is 28.9 Å². The van der Waals surface area contributed by atoms with Gasteiger partial charge in [-0.3, -0.25) is 4.79 Å². The van der Waals surface area contributed by atoms with Crippen LogP contribution in [-0.2, 0) is 14.3 Å². The maximum absolute atomic E-state index is 14.3. The van der Waals surface area contributed by atoms with Crippen LogP contribution in [0.2, 0.25) is 0 Å². The van der Waals surface area contributed by atoms with Crippen molar-refractivity contribution in [2.75, 3.05) is 0 Å². The Morgan fingerprint density at radius 1 is 1.31 bits per heavy atom. The maximum atomic E-state index is 14.3. The molecule has 0 aromatic heterocycles. The van der Waals surface area contributed by atoms with E-state index in [1.54, 1.807) is 6.26 Å². The lowest BCUT2D eigenvalue weighted by molar-refractivity contribution is -0.137. The van der Waals surface area contributed by atoms with E-state index in [0.717, 1.165) is 44.9 Å². The van der Waals surface area contributed by atoms with E-state index in [1.165, 1.54) is 5.57 Å². The third-order valence-electron chi connectivity index (χ3n) is 7.24. The normalized spacial score (nSPS) is 32.1. The molecule has 0 bridgehead atoms. The molecular weight excluding hydrogens is 411 g/mol. The number of aliphatic hydroxyl groups excluding tert-OH is 1. The molecule has 5 nitrogen and oxygen atoms in total. The highest BCUT2D eigenvalue weighted by Gasteiger charge is 2.47. The molecule has 0 radical (unpaired) electrons. The molecule has 0 spiro atoms. The van der Waals surface area contributed by atoms with Crippen molar-refractivity contribution in [3.05, 3.63) is 36.1 Å². The van der Waals surface area contributed by atoms with Crippen LogP contribution in [0.3, 0.4) is 0 Å². The number of hydrogen-bond donors (Lipinski definition) is 2. The number of carboxylic acids is 1. The molecule has 3 aliphatic rings. The first-order valence-electron chi connectivity index (χ1n) is 12.3. The predicted octanol–water partition coefficient (Wildman–Crippen LogP) is 5.69. The molecule has 1 aliphatic heterocycles. The first kappa shape index (κ1) is 25.0. The monoisotopic (exact) mass is 450 g/mol. The second-order valence-electron chi connectivity index (χ2n) is 9.58. The molecule has 3 rings (SSSR count). The molecule has 7 atom stereocenters. The summed E-state index contributed by atoms with van der Waals surface area (Å²) in [6, 6.07) is 0. The highest BCUT2D eigenvalue weighted by atomic mass is 19.1. The van der Waals surface area contributed by atoms with Gasteiger partial charge in [0.05, 0.1) is 18.5 Å². The van der Waals surface area contributed by atoms with Crippen molar-refractivity contribution in [3.8, 4) is 0 Å². The standard InChI is InChI=1S/C26H39FO5/c1-2-3-9-22(27)23(28)13-12-20-21-16-18(8-4-5-10-25(29)30)15-19(21)17-24(20)32-26-11-6-7-14-31-26/h6-8,11,14,19-24,26,28H,2-5,9-10,12-13,15-17H2,1H3,(H,29,30)/b18-8+/t19-,20?,21-,22?,23?,24+,26+/m0/s1. The summed E-state index contributed by atoms with van der Waals surface area (Å²) in [7, 11) is 0. The summed E-state index contributed by atoms with van der Waals surface area (Å²) in [4.78, 5) is 10.7. The van der Waals surface area contributed by atoms with Crippen molar-refractivity contribution in [3.63, 3.8) is 0 Å². The first-order chi connectivity index (χ1) is 15.5. The number of aliphatic hydroxyl groups is 1. The lowest BCUT2D eigenvalue weighted by atomic mass is 9.86. The summed E-state index contributed by atoms with van der Waals surface area (Å²) in [6.07, 6.45) is 15.1. The van der Waals surface area contributed by atoms with Gasteiger partial charge in [-0.15, -0.1) is 0 Å². The van der Waals surface area contributed by atoms with Crippen LogP contribution in [0.25, 0.3) is 0 Å². The van der Waals surface area contributed by atoms with Crippen LogP contribution in [0, 0.1) is 17.8 Å². The SMILES string of the molecule is CCCCC(F)C(O)CCC1[C@H]2C/C(=C/CCCC(=O)O)C[C@H]2C[C@H]1O[C@@H]1C=CC=CO1. The Kier molecular flexibility index (Phi) is 9.79. The summed E-state index contributed by atoms with van der Waals surface area (Å²) in [6.45, 7) is 2.03. The lowest BCUT2D eigenvalue weighted by Gasteiger charge is -2.28. The van der Waals surface area contributed by atoms with Gasteiger partial charge < -0.3 is 19.7 Å². The number of allylic oxidation sites excluding steroid dienone is 4. The van der Waals surface area contributed by atoms with E-state index in [1.807, 2.05) is 25.2 Å². The fraction of sp³-hybridized carbons (Fsp3) is 0.731. The minimum atomic E-state index is -1.16. The fourth-order valence-corrected chi connectivity index (χ4v) is 5.59. The quantitative estimate of drug-likeness (QED) is 0.278. The van der Waals surface area contributed by atoms with E-state index in [2.05, 4.69) is 6.08 Å². The Morgan fingerprint density at radius 2 is 2.16 bits per heavy atom. The predicted molar refractivity (Wildman–Crippen MR) is 122 cm³/mol. The number of alkyl halides is 1. The second kappa shape index (κ2) is 12.5. The van der Waals surface area contributed by atoms with Gasteiger partial charge in [0, 0.05) is 6.42 Å². The molecule has 2 N–H and O–H groups in total. The average Bonchev–Trinajstić information content (AvgIpc) is 3.31. The molecule has 0 aromatic rings. The maximum Gasteiger partial charge on any atom is 0.303 e. The van der Waals surface area contributed by atoms with Crippen LogP contribution < -0.4 is 0 Å². The van der Waals surface area contributed by atoms with E-state index in [4.69, 9.17) is 14.6 Å². The molecular formula is C26H39FO5. The Labute approximate surface area is 191 Å². The number of ether oxygens (including phenoxy) is 2. The summed E-state index contributed by atoms with van der Waals surface area (Å²) >= 11 is 0. The molecule has 32 heavy (non-hydrogen) atoms. The number of fused-ring (bicyclic) bond motifs is 1. The van der Waals surface area contributed by atoms with Gasteiger partial charge in [0.25, 0.3) is 0 Å². The number of aliphatic carboxylic acids is 1. The second-order valence-corrected chi connectivity index (χ2v) is 9.58. The van der Waals surface area contributed by atoms with Crippen molar-refractivity contribution in [2.45, 2.75) is 102 Å². The third-order valence-corrected chi connectivity index (χ3v) is 7.24. The molecule has 0 saturated heterocycles. The number of halogens is 1. The third kappa shape index (κ3) is 7.17. The Balaban J connectivity index is 1.58. The summed E-state index contributed by atoms with van der Waals surface area (Å²) < 4.78 is 26.2. The van der Waals surface area contributed by atoms with Crippen LogP contribution >= 0.6 is 0 Å². The number of carbonyl (C=O) groups is 1. The van der Waals surface area contributed by atoms with E-state index in [9.17, 15) is 14.3 Å². The topological polar surface area (TPSA) is 76.0 Å². The van der Waals surface area contributed by atoms with Crippen LogP contribution in [0.15, 0.2) is 36.1 Å². The van der Waals surface area contributed by atoms with Crippen molar-refractivity contribution in [2.24, 2.45) is 17.8 Å². The van der Waals surface area contributed by atoms with Crippen molar-refractivity contribution in [1.82, 2.24) is 0 Å². The number of unbranched alkanes of at least 4 members (excludes halogenated alkanes) is 2. The molecule has 6 heteroatoms. The lowest BCUT2D eigenvalue weighted by Crippen LogP contribution is -2.30. The van der Waals surface area contributed by atoms with Gasteiger partial charge in [0.2, 0.25) is 6.29 Å². The van der Waals surface area contributed by atoms with Crippen LogP contribution in [-0.4, -0.2) is 40.9 Å². The van der Waals surface area contributed by atoms with Crippen LogP contribution in [0.1, 0.15) is 77.6 Å². The molecule has 2 aliphatic carbocycles. The van der Waals surface area contributed by atoms with Gasteiger partial charge in [-0.1, -0.05) is 37.5 Å². The van der Waals surface area contributed by atoms with Gasteiger partial charge in [-0.05, 0) is 81.3 Å². The molecule has 3 unspecified atom stereocenters. The van der Waals surface area contributed by atoms with Gasteiger partial charge in [-0.25, -0.2) is 4.39 Å². The number of hydrogen-bond acceptors (Lipinski definition) is 4. The van der Waals surface area contributed by atoms with E-state index >= 15 is 0 Å². The minimum Gasteiger partial charge on any atom is -0.481 e. The zero-order valence-electron chi connectivity index (χ0n) is 19.2. The number of rotatable bonds is 13. The molecule has 0 amide bonds. The molecule has 0 aromatic carbocycles. The molecule has 2 fully saturated rings. The van der Waals surface area contributed by atoms with Crippen LogP contribution in [0.4, 0.5) is 4.39 Å². The number of carboxylic acid groups (broad SMARTS) is 1. The minimum absolute atomic E-state index is 0.0422. The van der Waals surface area contributed by atoms with Gasteiger partial charge in [0.1, 0.15) is 6.17 Å².